The lowest BCUT2D eigenvalue weighted by atomic mass is 10.1. The maximum Gasteiger partial charge on any atom is 0.257 e. The first-order chi connectivity index (χ1) is 15.3. The molecule has 0 bridgehead atoms. The van der Waals surface area contributed by atoms with E-state index in [4.69, 9.17) is 0 Å². The molecule has 2 amide bonds. The summed E-state index contributed by atoms with van der Waals surface area (Å²) in [6, 6.07) is 15.8. The minimum atomic E-state index is -3.57. The Balaban J connectivity index is 1.60. The molecule has 1 fully saturated rings. The Labute approximate surface area is 194 Å². The largest absolute Gasteiger partial charge is 0.353 e. The average Bonchev–Trinajstić information content (AvgIpc) is 3.49. The monoisotopic (exact) mass is 487 g/mol. The van der Waals surface area contributed by atoms with E-state index in [1.54, 1.807) is 12.1 Å². The summed E-state index contributed by atoms with van der Waals surface area (Å²) in [6.45, 7) is 0. The van der Waals surface area contributed by atoms with Gasteiger partial charge in [-0.1, -0.05) is 65.6 Å². The SMILES string of the molecule is CS(=O)(=O)c1ccccc1C(=O)Nc1sc(SCC(=O)NC2CC2)nc1-c1ccccc1. The third-order valence-electron chi connectivity index (χ3n) is 4.68. The third kappa shape index (κ3) is 5.56. The highest BCUT2D eigenvalue weighted by atomic mass is 32.2. The molecule has 166 valence electrons. The highest BCUT2D eigenvalue weighted by Crippen LogP contribution is 2.38. The summed E-state index contributed by atoms with van der Waals surface area (Å²) < 4.78 is 24.8. The molecule has 4 rings (SSSR count). The van der Waals surface area contributed by atoms with Crippen LogP contribution in [0.3, 0.4) is 0 Å². The Morgan fingerprint density at radius 2 is 1.78 bits per heavy atom. The quantitative estimate of drug-likeness (QED) is 0.468. The zero-order valence-corrected chi connectivity index (χ0v) is 19.6. The molecule has 0 unspecified atom stereocenters. The van der Waals surface area contributed by atoms with Crippen LogP contribution in [0.1, 0.15) is 23.2 Å². The van der Waals surface area contributed by atoms with E-state index >= 15 is 0 Å². The first kappa shape index (κ1) is 22.5. The number of nitrogens with zero attached hydrogens (tertiary/aromatic N) is 1. The molecule has 2 aromatic carbocycles. The van der Waals surface area contributed by atoms with Crippen molar-refractivity contribution in [2.45, 2.75) is 28.1 Å². The second kappa shape index (κ2) is 9.43. The molecule has 0 aliphatic heterocycles. The van der Waals surface area contributed by atoms with Gasteiger partial charge in [-0.15, -0.1) is 0 Å². The van der Waals surface area contributed by atoms with Crippen molar-refractivity contribution in [3.05, 3.63) is 60.2 Å². The number of thioether (sulfide) groups is 1. The van der Waals surface area contributed by atoms with Crippen LogP contribution in [0.5, 0.6) is 0 Å². The fourth-order valence-corrected chi connectivity index (χ4v) is 5.77. The highest BCUT2D eigenvalue weighted by Gasteiger charge is 2.24. The summed E-state index contributed by atoms with van der Waals surface area (Å²) in [5.41, 5.74) is 1.45. The maximum atomic E-state index is 13.0. The van der Waals surface area contributed by atoms with Crippen molar-refractivity contribution in [1.82, 2.24) is 10.3 Å². The molecule has 7 nitrogen and oxygen atoms in total. The number of thiazole rings is 1. The lowest BCUT2D eigenvalue weighted by molar-refractivity contribution is -0.118. The van der Waals surface area contributed by atoms with E-state index in [1.807, 2.05) is 30.3 Å². The third-order valence-corrected chi connectivity index (χ3v) is 7.95. The fourth-order valence-electron chi connectivity index (χ4n) is 3.01. The molecule has 1 aliphatic carbocycles. The van der Waals surface area contributed by atoms with Crippen LogP contribution >= 0.6 is 23.1 Å². The van der Waals surface area contributed by atoms with E-state index in [0.717, 1.165) is 24.7 Å². The van der Waals surface area contributed by atoms with Crippen molar-refractivity contribution < 1.29 is 18.0 Å². The van der Waals surface area contributed by atoms with E-state index in [1.165, 1.54) is 35.2 Å². The van der Waals surface area contributed by atoms with E-state index in [-0.39, 0.29) is 22.1 Å². The first-order valence-electron chi connectivity index (χ1n) is 9.90. The van der Waals surface area contributed by atoms with Gasteiger partial charge in [0.1, 0.15) is 10.7 Å². The summed E-state index contributed by atoms with van der Waals surface area (Å²) in [4.78, 5) is 29.6. The summed E-state index contributed by atoms with van der Waals surface area (Å²) in [7, 11) is -3.57. The molecule has 3 aromatic rings. The van der Waals surface area contributed by atoms with Crippen molar-refractivity contribution in [2.75, 3.05) is 17.3 Å². The number of benzene rings is 2. The molecule has 1 aliphatic rings. The Hall–Kier alpha value is -2.69. The number of anilines is 1. The molecule has 0 spiro atoms. The van der Waals surface area contributed by atoms with Crippen LogP contribution in [0.25, 0.3) is 11.3 Å². The van der Waals surface area contributed by atoms with Gasteiger partial charge in [0.05, 0.1) is 16.2 Å². The van der Waals surface area contributed by atoms with E-state index in [9.17, 15) is 18.0 Å². The molecule has 0 atom stereocenters. The van der Waals surface area contributed by atoms with Crippen molar-refractivity contribution in [2.24, 2.45) is 0 Å². The molecular weight excluding hydrogens is 466 g/mol. The van der Waals surface area contributed by atoms with E-state index < -0.39 is 15.7 Å². The number of sulfone groups is 1. The minimum Gasteiger partial charge on any atom is -0.353 e. The number of rotatable bonds is 8. The summed E-state index contributed by atoms with van der Waals surface area (Å²) in [5, 5.41) is 6.26. The average molecular weight is 488 g/mol. The van der Waals surface area contributed by atoms with Crippen LogP contribution in [-0.4, -0.2) is 43.3 Å². The van der Waals surface area contributed by atoms with Gasteiger partial charge in [-0.25, -0.2) is 13.4 Å². The summed E-state index contributed by atoms with van der Waals surface area (Å²) in [6.07, 6.45) is 3.12. The first-order valence-corrected chi connectivity index (χ1v) is 13.6. The summed E-state index contributed by atoms with van der Waals surface area (Å²) >= 11 is 2.56. The lowest BCUT2D eigenvalue weighted by Gasteiger charge is -2.09. The van der Waals surface area contributed by atoms with Gasteiger partial charge < -0.3 is 10.6 Å². The molecule has 0 saturated heterocycles. The van der Waals surface area contributed by atoms with Gasteiger partial charge in [-0.3, -0.25) is 9.59 Å². The Bertz CT molecular complexity index is 1250. The Morgan fingerprint density at radius 3 is 2.47 bits per heavy atom. The predicted molar refractivity (Wildman–Crippen MR) is 127 cm³/mol. The second-order valence-corrected chi connectivity index (χ2v) is 11.6. The van der Waals surface area contributed by atoms with Crippen LogP contribution in [0, 0.1) is 0 Å². The zero-order valence-electron chi connectivity index (χ0n) is 17.2. The molecular formula is C22H21N3O4S3. The van der Waals surface area contributed by atoms with Crippen LogP contribution in [0.15, 0.2) is 63.8 Å². The maximum absolute atomic E-state index is 13.0. The molecule has 1 heterocycles. The molecule has 32 heavy (non-hydrogen) atoms. The number of nitrogens with one attached hydrogen (secondary N) is 2. The van der Waals surface area contributed by atoms with Gasteiger partial charge >= 0.3 is 0 Å². The number of hydrogen-bond acceptors (Lipinski definition) is 7. The van der Waals surface area contributed by atoms with Crippen LogP contribution in [0.4, 0.5) is 5.00 Å². The number of aromatic nitrogens is 1. The number of hydrogen-bond donors (Lipinski definition) is 2. The minimum absolute atomic E-state index is 0.0328. The van der Waals surface area contributed by atoms with E-state index in [0.29, 0.717) is 21.1 Å². The number of carbonyl (C=O) groups is 2. The molecule has 2 N–H and O–H groups in total. The van der Waals surface area contributed by atoms with Crippen LogP contribution in [0.2, 0.25) is 0 Å². The molecule has 0 radical (unpaired) electrons. The van der Waals surface area contributed by atoms with Gasteiger partial charge in [-0.05, 0) is 25.0 Å². The second-order valence-electron chi connectivity index (χ2n) is 7.38. The highest BCUT2D eigenvalue weighted by molar-refractivity contribution is 8.01. The fraction of sp³-hybridized carbons (Fsp3) is 0.227. The van der Waals surface area contributed by atoms with Gasteiger partial charge in [0.15, 0.2) is 14.2 Å². The molecule has 10 heteroatoms. The molecule has 1 aromatic heterocycles. The van der Waals surface area contributed by atoms with Crippen molar-refractivity contribution in [3.63, 3.8) is 0 Å². The normalized spacial score (nSPS) is 13.5. The lowest BCUT2D eigenvalue weighted by Crippen LogP contribution is -2.26. The zero-order chi connectivity index (χ0) is 22.7. The van der Waals surface area contributed by atoms with Gasteiger partial charge in [-0.2, -0.15) is 0 Å². The van der Waals surface area contributed by atoms with Crippen LogP contribution in [-0.2, 0) is 14.6 Å². The number of amides is 2. The van der Waals surface area contributed by atoms with Gasteiger partial charge in [0, 0.05) is 17.9 Å². The molecule has 1 saturated carbocycles. The van der Waals surface area contributed by atoms with Crippen molar-refractivity contribution in [3.8, 4) is 11.3 Å². The van der Waals surface area contributed by atoms with Crippen molar-refractivity contribution >= 4 is 49.8 Å². The Kier molecular flexibility index (Phi) is 6.63. The van der Waals surface area contributed by atoms with Crippen LogP contribution < -0.4 is 10.6 Å². The van der Waals surface area contributed by atoms with Crippen molar-refractivity contribution in [1.29, 1.82) is 0 Å². The predicted octanol–water partition coefficient (Wildman–Crippen LogP) is 3.84. The smallest absolute Gasteiger partial charge is 0.257 e. The summed E-state index contributed by atoms with van der Waals surface area (Å²) in [5.74, 6) is -0.334. The Morgan fingerprint density at radius 1 is 1.09 bits per heavy atom. The standard InChI is InChI=1S/C22H21N3O4S3/c1-32(28,29)17-10-6-5-9-16(17)20(27)25-21-19(14-7-3-2-4-8-14)24-22(31-21)30-13-18(26)23-15-11-12-15/h2-10,15H,11-13H2,1H3,(H,23,26)(H,25,27). The van der Waals surface area contributed by atoms with E-state index in [2.05, 4.69) is 15.6 Å². The van der Waals surface area contributed by atoms with Gasteiger partial charge in [0.2, 0.25) is 5.91 Å². The number of carbonyl (C=O) groups excluding carboxylic acids is 2. The topological polar surface area (TPSA) is 105 Å². The van der Waals surface area contributed by atoms with Gasteiger partial charge in [0.25, 0.3) is 5.91 Å².